The molecule has 26 heavy (non-hydrogen) atoms. The van der Waals surface area contributed by atoms with E-state index in [0.717, 1.165) is 11.1 Å². The summed E-state index contributed by atoms with van der Waals surface area (Å²) in [6.07, 6.45) is 5.05. The lowest BCUT2D eigenvalue weighted by atomic mass is 10.1. The summed E-state index contributed by atoms with van der Waals surface area (Å²) >= 11 is 0. The number of likely N-dealkylation sites (tertiary alicyclic amines) is 1. The molecule has 4 heterocycles. The zero-order valence-corrected chi connectivity index (χ0v) is 14.1. The lowest BCUT2D eigenvalue weighted by molar-refractivity contribution is -0.134. The van der Waals surface area contributed by atoms with Crippen LogP contribution in [0.2, 0.25) is 0 Å². The van der Waals surface area contributed by atoms with Crippen LogP contribution in [-0.2, 0) is 11.8 Å². The summed E-state index contributed by atoms with van der Waals surface area (Å²) in [7, 11) is 1.87. The molecule has 130 valence electrons. The highest BCUT2D eigenvalue weighted by Crippen LogP contribution is 2.27. The Labute approximate surface area is 148 Å². The van der Waals surface area contributed by atoms with E-state index in [1.54, 1.807) is 23.4 Å². The first-order valence-corrected chi connectivity index (χ1v) is 8.00. The third kappa shape index (κ3) is 2.63. The van der Waals surface area contributed by atoms with Gasteiger partial charge >= 0.3 is 0 Å². The molecule has 1 aliphatic rings. The third-order valence-corrected chi connectivity index (χ3v) is 4.32. The van der Waals surface area contributed by atoms with Crippen LogP contribution in [0.3, 0.4) is 0 Å². The van der Waals surface area contributed by atoms with E-state index in [-0.39, 0.29) is 6.04 Å². The summed E-state index contributed by atoms with van der Waals surface area (Å²) in [4.78, 5) is 21.4. The van der Waals surface area contributed by atoms with Crippen LogP contribution in [0, 0.1) is 11.8 Å². The highest BCUT2D eigenvalue weighted by atomic mass is 19.1. The van der Waals surface area contributed by atoms with Crippen LogP contribution < -0.4 is 0 Å². The van der Waals surface area contributed by atoms with Gasteiger partial charge in [0, 0.05) is 26.3 Å². The number of aryl methyl sites for hydroxylation is 1. The SMILES string of the molecule is C=C(F)C(=O)N1CC(n2nc(C#Cc3cncn3C)c3cccnc32)C1. The molecular weight excluding hydrogens is 335 g/mol. The van der Waals surface area contributed by atoms with Gasteiger partial charge < -0.3 is 9.47 Å². The number of amides is 1. The standard InChI is InChI=1S/C18H15FN6O/c1-12(19)18(26)24-9-14(10-24)25-17-15(4-3-7-21-17)16(22-25)6-5-13-8-20-11-23(13)2/h3-4,7-8,11,14H,1,9-10H2,2H3. The smallest absolute Gasteiger partial charge is 0.282 e. The zero-order valence-electron chi connectivity index (χ0n) is 14.1. The van der Waals surface area contributed by atoms with Crippen molar-refractivity contribution >= 4 is 16.9 Å². The Morgan fingerprint density at radius 3 is 2.88 bits per heavy atom. The quantitative estimate of drug-likeness (QED) is 0.518. The Hall–Kier alpha value is -3.47. The first kappa shape index (κ1) is 16.0. The van der Waals surface area contributed by atoms with Gasteiger partial charge in [-0.2, -0.15) is 5.10 Å². The Kier molecular flexibility index (Phi) is 3.77. The molecule has 1 saturated heterocycles. The number of imidazole rings is 1. The van der Waals surface area contributed by atoms with E-state index in [1.807, 2.05) is 23.7 Å². The van der Waals surface area contributed by atoms with E-state index in [0.29, 0.717) is 24.4 Å². The topological polar surface area (TPSA) is 68.8 Å². The highest BCUT2D eigenvalue weighted by molar-refractivity contribution is 5.91. The van der Waals surface area contributed by atoms with Gasteiger partial charge in [-0.25, -0.2) is 19.0 Å². The van der Waals surface area contributed by atoms with Crippen LogP contribution in [0.25, 0.3) is 11.0 Å². The maximum absolute atomic E-state index is 13.0. The Morgan fingerprint density at radius 2 is 2.19 bits per heavy atom. The molecule has 0 radical (unpaired) electrons. The van der Waals surface area contributed by atoms with Crippen molar-refractivity contribution in [2.45, 2.75) is 6.04 Å². The molecule has 8 heteroatoms. The predicted octanol–water partition coefficient (Wildman–Crippen LogP) is 1.43. The van der Waals surface area contributed by atoms with Gasteiger partial charge in [-0.15, -0.1) is 0 Å². The molecule has 7 nitrogen and oxygen atoms in total. The van der Waals surface area contributed by atoms with Crippen LogP contribution >= 0.6 is 0 Å². The summed E-state index contributed by atoms with van der Waals surface area (Å²) in [5.74, 6) is 4.49. The summed E-state index contributed by atoms with van der Waals surface area (Å²) in [5.41, 5.74) is 2.07. The van der Waals surface area contributed by atoms with Crippen molar-refractivity contribution in [1.82, 2.24) is 29.2 Å². The van der Waals surface area contributed by atoms with Gasteiger partial charge in [0.25, 0.3) is 5.91 Å². The van der Waals surface area contributed by atoms with Crippen molar-refractivity contribution in [2.24, 2.45) is 7.05 Å². The van der Waals surface area contributed by atoms with Crippen LogP contribution in [-0.4, -0.2) is 48.2 Å². The van der Waals surface area contributed by atoms with Crippen molar-refractivity contribution in [3.05, 3.63) is 54.6 Å². The molecular formula is C18H15FN6O. The summed E-state index contributed by atoms with van der Waals surface area (Å²) in [6, 6.07) is 3.67. The number of pyridine rings is 1. The summed E-state index contributed by atoms with van der Waals surface area (Å²) in [6.45, 7) is 3.78. The number of hydrogen-bond donors (Lipinski definition) is 0. The van der Waals surface area contributed by atoms with E-state index in [4.69, 9.17) is 0 Å². The zero-order chi connectivity index (χ0) is 18.3. The van der Waals surface area contributed by atoms with Gasteiger partial charge in [0.2, 0.25) is 0 Å². The number of carbonyl (C=O) groups excluding carboxylic acids is 1. The Bertz CT molecular complexity index is 1080. The second kappa shape index (κ2) is 6.11. The molecule has 1 amide bonds. The van der Waals surface area contributed by atoms with Gasteiger partial charge in [-0.3, -0.25) is 4.79 Å². The van der Waals surface area contributed by atoms with Gasteiger partial charge in [-0.05, 0) is 24.0 Å². The lowest BCUT2D eigenvalue weighted by Gasteiger charge is -2.38. The van der Waals surface area contributed by atoms with E-state index in [1.165, 1.54) is 4.90 Å². The lowest BCUT2D eigenvalue weighted by Crippen LogP contribution is -2.51. The minimum absolute atomic E-state index is 0.0667. The van der Waals surface area contributed by atoms with Gasteiger partial charge in [0.15, 0.2) is 11.5 Å². The second-order valence-electron chi connectivity index (χ2n) is 6.08. The number of halogens is 1. The van der Waals surface area contributed by atoms with Crippen molar-refractivity contribution < 1.29 is 9.18 Å². The number of aromatic nitrogens is 5. The summed E-state index contributed by atoms with van der Waals surface area (Å²) < 4.78 is 16.6. The molecule has 0 spiro atoms. The normalized spacial score (nSPS) is 14.0. The molecule has 0 saturated carbocycles. The molecule has 0 N–H and O–H groups in total. The molecule has 1 fully saturated rings. The van der Waals surface area contributed by atoms with E-state index in [9.17, 15) is 9.18 Å². The van der Waals surface area contributed by atoms with Crippen LogP contribution in [0.4, 0.5) is 4.39 Å². The number of nitrogens with zero attached hydrogens (tertiary/aromatic N) is 6. The largest absolute Gasteiger partial charge is 0.332 e. The molecule has 0 unspecified atom stereocenters. The predicted molar refractivity (Wildman–Crippen MR) is 92.6 cm³/mol. The molecule has 0 aromatic carbocycles. The number of carbonyl (C=O) groups is 1. The van der Waals surface area contributed by atoms with E-state index < -0.39 is 11.7 Å². The first-order valence-electron chi connectivity index (χ1n) is 8.00. The number of hydrogen-bond acceptors (Lipinski definition) is 4. The van der Waals surface area contributed by atoms with E-state index >= 15 is 0 Å². The van der Waals surface area contributed by atoms with Crippen molar-refractivity contribution in [2.75, 3.05) is 13.1 Å². The number of rotatable bonds is 2. The molecule has 3 aromatic rings. The van der Waals surface area contributed by atoms with Crippen molar-refractivity contribution in [1.29, 1.82) is 0 Å². The highest BCUT2D eigenvalue weighted by Gasteiger charge is 2.35. The summed E-state index contributed by atoms with van der Waals surface area (Å²) in [5, 5.41) is 5.41. The average molecular weight is 350 g/mol. The van der Waals surface area contributed by atoms with Crippen LogP contribution in [0.5, 0.6) is 0 Å². The Balaban J connectivity index is 1.66. The fourth-order valence-electron chi connectivity index (χ4n) is 2.87. The molecule has 0 aliphatic carbocycles. The molecule has 3 aromatic heterocycles. The minimum Gasteiger partial charge on any atom is -0.332 e. The van der Waals surface area contributed by atoms with Crippen LogP contribution in [0.1, 0.15) is 17.4 Å². The average Bonchev–Trinajstić information content (AvgIpc) is 3.16. The molecule has 0 atom stereocenters. The van der Waals surface area contributed by atoms with E-state index in [2.05, 4.69) is 33.5 Å². The fraction of sp³-hybridized carbons (Fsp3) is 0.222. The second-order valence-corrected chi connectivity index (χ2v) is 6.08. The van der Waals surface area contributed by atoms with Crippen LogP contribution in [0.15, 0.2) is 43.3 Å². The van der Waals surface area contributed by atoms with Gasteiger partial charge in [0.05, 0.1) is 24.0 Å². The first-order chi connectivity index (χ1) is 12.5. The molecule has 1 aliphatic heterocycles. The molecule has 0 bridgehead atoms. The maximum Gasteiger partial charge on any atom is 0.282 e. The number of fused-ring (bicyclic) bond motifs is 1. The maximum atomic E-state index is 13.0. The fourth-order valence-corrected chi connectivity index (χ4v) is 2.87. The van der Waals surface area contributed by atoms with Crippen molar-refractivity contribution in [3.8, 4) is 11.8 Å². The van der Waals surface area contributed by atoms with Gasteiger partial charge in [-0.1, -0.05) is 6.58 Å². The van der Waals surface area contributed by atoms with Gasteiger partial charge in [0.1, 0.15) is 11.4 Å². The van der Waals surface area contributed by atoms with Crippen molar-refractivity contribution in [3.63, 3.8) is 0 Å². The Morgan fingerprint density at radius 1 is 1.38 bits per heavy atom. The third-order valence-electron chi connectivity index (χ3n) is 4.32. The minimum atomic E-state index is -0.949. The monoisotopic (exact) mass is 350 g/mol. The molecule has 4 rings (SSSR count).